The number of hydrogen-bond acceptors (Lipinski definition) is 5. The summed E-state index contributed by atoms with van der Waals surface area (Å²) in [6.07, 6.45) is 3.82. The maximum atomic E-state index is 12.7. The minimum atomic E-state index is -3.55. The Morgan fingerprint density at radius 3 is 2.04 bits per heavy atom. The lowest BCUT2D eigenvalue weighted by Crippen LogP contribution is -2.32. The Kier molecular flexibility index (Phi) is 6.58. The normalized spacial score (nSPS) is 16.7. The highest BCUT2D eigenvalue weighted by molar-refractivity contribution is 7.89. The summed E-state index contributed by atoms with van der Waals surface area (Å²) >= 11 is 0. The summed E-state index contributed by atoms with van der Waals surface area (Å²) in [5, 5.41) is 0. The first-order valence-corrected chi connectivity index (χ1v) is 10.4. The van der Waals surface area contributed by atoms with E-state index in [-0.39, 0.29) is 22.8 Å². The SMILES string of the molecule is CC(C)(C)C(=O)COC(=O)c1ccc(S(=O)(=O)N2CCCCCC2)cc1. The number of carbonyl (C=O) groups excluding carboxylic acids is 2. The lowest BCUT2D eigenvalue weighted by atomic mass is 9.91. The number of benzene rings is 1. The molecule has 1 aliphatic rings. The fourth-order valence-electron chi connectivity index (χ4n) is 2.63. The van der Waals surface area contributed by atoms with Crippen molar-refractivity contribution in [1.29, 1.82) is 0 Å². The van der Waals surface area contributed by atoms with E-state index in [2.05, 4.69) is 0 Å². The van der Waals surface area contributed by atoms with Crippen LogP contribution in [0.4, 0.5) is 0 Å². The molecule has 2 rings (SSSR count). The molecule has 0 radical (unpaired) electrons. The molecule has 0 aromatic heterocycles. The molecule has 0 atom stereocenters. The van der Waals surface area contributed by atoms with Gasteiger partial charge in [0.1, 0.15) is 0 Å². The largest absolute Gasteiger partial charge is 0.454 e. The molecular weight excluding hydrogens is 354 g/mol. The number of ketones is 1. The number of ether oxygens (including phenoxy) is 1. The number of rotatable bonds is 5. The lowest BCUT2D eigenvalue weighted by Gasteiger charge is -2.20. The van der Waals surface area contributed by atoms with E-state index in [0.717, 1.165) is 25.7 Å². The van der Waals surface area contributed by atoms with Crippen LogP contribution in [0.15, 0.2) is 29.2 Å². The summed E-state index contributed by atoms with van der Waals surface area (Å²) in [6.45, 7) is 6.03. The van der Waals surface area contributed by atoms with Crippen molar-refractivity contribution < 1.29 is 22.7 Å². The van der Waals surface area contributed by atoms with Gasteiger partial charge in [0.25, 0.3) is 0 Å². The van der Waals surface area contributed by atoms with Gasteiger partial charge >= 0.3 is 5.97 Å². The van der Waals surface area contributed by atoms with E-state index in [9.17, 15) is 18.0 Å². The Labute approximate surface area is 155 Å². The van der Waals surface area contributed by atoms with E-state index in [1.165, 1.54) is 28.6 Å². The van der Waals surface area contributed by atoms with Crippen LogP contribution < -0.4 is 0 Å². The van der Waals surface area contributed by atoms with E-state index >= 15 is 0 Å². The van der Waals surface area contributed by atoms with E-state index in [0.29, 0.717) is 13.1 Å². The fraction of sp³-hybridized carbons (Fsp3) is 0.579. The van der Waals surface area contributed by atoms with Crippen molar-refractivity contribution in [3.8, 4) is 0 Å². The average Bonchev–Trinajstić information content (AvgIpc) is 2.88. The second kappa shape index (κ2) is 8.31. The second-order valence-electron chi connectivity index (χ2n) is 7.59. The molecule has 1 fully saturated rings. The van der Waals surface area contributed by atoms with E-state index in [4.69, 9.17) is 4.74 Å². The third kappa shape index (κ3) is 5.14. The number of carbonyl (C=O) groups is 2. The minimum Gasteiger partial charge on any atom is -0.454 e. The number of sulfonamides is 1. The van der Waals surface area contributed by atoms with Gasteiger partial charge in [-0.25, -0.2) is 13.2 Å². The summed E-state index contributed by atoms with van der Waals surface area (Å²) in [4.78, 5) is 24.0. The molecule has 0 saturated carbocycles. The van der Waals surface area contributed by atoms with E-state index in [1.54, 1.807) is 20.8 Å². The highest BCUT2D eigenvalue weighted by atomic mass is 32.2. The van der Waals surface area contributed by atoms with Crippen LogP contribution >= 0.6 is 0 Å². The predicted octanol–water partition coefficient (Wildman–Crippen LogP) is 3.02. The first-order valence-electron chi connectivity index (χ1n) is 8.93. The van der Waals surface area contributed by atoms with Crippen molar-refractivity contribution >= 4 is 21.8 Å². The molecule has 1 aromatic carbocycles. The molecule has 1 aromatic rings. The first-order chi connectivity index (χ1) is 12.1. The Morgan fingerprint density at radius 2 is 1.54 bits per heavy atom. The smallest absolute Gasteiger partial charge is 0.338 e. The van der Waals surface area contributed by atoms with Gasteiger partial charge in [-0.05, 0) is 37.1 Å². The molecule has 1 aliphatic heterocycles. The summed E-state index contributed by atoms with van der Waals surface area (Å²) in [5.41, 5.74) is -0.354. The van der Waals surface area contributed by atoms with E-state index in [1.807, 2.05) is 0 Å². The first kappa shape index (κ1) is 20.6. The Bertz CT molecular complexity index is 739. The van der Waals surface area contributed by atoms with Crippen LogP contribution in [0.3, 0.4) is 0 Å². The molecule has 0 amide bonds. The van der Waals surface area contributed by atoms with Gasteiger partial charge in [-0.2, -0.15) is 4.31 Å². The quantitative estimate of drug-likeness (QED) is 0.733. The maximum Gasteiger partial charge on any atom is 0.338 e. The van der Waals surface area contributed by atoms with E-state index < -0.39 is 21.4 Å². The third-order valence-corrected chi connectivity index (χ3v) is 6.38. The van der Waals surface area contributed by atoms with Crippen molar-refractivity contribution in [2.45, 2.75) is 51.3 Å². The van der Waals surface area contributed by atoms with Crippen LogP contribution in [-0.4, -0.2) is 44.2 Å². The summed E-state index contributed by atoms with van der Waals surface area (Å²) in [7, 11) is -3.55. The molecule has 0 spiro atoms. The molecule has 0 unspecified atom stereocenters. The van der Waals surface area contributed by atoms with Crippen LogP contribution in [-0.2, 0) is 19.6 Å². The van der Waals surface area contributed by atoms with Crippen LogP contribution in [0.1, 0.15) is 56.8 Å². The monoisotopic (exact) mass is 381 g/mol. The van der Waals surface area contributed by atoms with Gasteiger partial charge in [0.15, 0.2) is 12.4 Å². The van der Waals surface area contributed by atoms with Gasteiger partial charge in [0.2, 0.25) is 10.0 Å². The summed E-state index contributed by atoms with van der Waals surface area (Å²) in [5.74, 6) is -0.812. The summed E-state index contributed by atoms with van der Waals surface area (Å²) in [6, 6.07) is 5.69. The van der Waals surface area contributed by atoms with Crippen molar-refractivity contribution in [2.24, 2.45) is 5.41 Å². The van der Waals surface area contributed by atoms with Gasteiger partial charge in [0, 0.05) is 18.5 Å². The maximum absolute atomic E-state index is 12.7. The Balaban J connectivity index is 2.05. The highest BCUT2D eigenvalue weighted by Crippen LogP contribution is 2.21. The van der Waals surface area contributed by atoms with Crippen molar-refractivity contribution in [1.82, 2.24) is 4.31 Å². The van der Waals surface area contributed by atoms with Crippen LogP contribution in [0.5, 0.6) is 0 Å². The number of esters is 1. The predicted molar refractivity (Wildman–Crippen MR) is 98.4 cm³/mol. The molecule has 0 aliphatic carbocycles. The third-order valence-electron chi connectivity index (χ3n) is 4.46. The molecule has 1 saturated heterocycles. The topological polar surface area (TPSA) is 80.8 Å². The minimum absolute atomic E-state index is 0.168. The average molecular weight is 381 g/mol. The van der Waals surface area contributed by atoms with Crippen molar-refractivity contribution in [2.75, 3.05) is 19.7 Å². The highest BCUT2D eigenvalue weighted by Gasteiger charge is 2.26. The lowest BCUT2D eigenvalue weighted by molar-refractivity contribution is -0.129. The van der Waals surface area contributed by atoms with Gasteiger partial charge in [-0.15, -0.1) is 0 Å². The van der Waals surface area contributed by atoms with Gasteiger partial charge in [-0.3, -0.25) is 4.79 Å². The molecule has 7 heteroatoms. The number of Topliss-reactive ketones (excluding diaryl/α,β-unsaturated/α-hetero) is 1. The molecule has 0 N–H and O–H groups in total. The second-order valence-corrected chi connectivity index (χ2v) is 9.53. The number of hydrogen-bond donors (Lipinski definition) is 0. The summed E-state index contributed by atoms with van der Waals surface area (Å²) < 4.78 is 32.0. The van der Waals surface area contributed by atoms with Crippen LogP contribution in [0, 0.1) is 5.41 Å². The van der Waals surface area contributed by atoms with Gasteiger partial charge < -0.3 is 4.74 Å². The standard InChI is InChI=1S/C19H27NO5S/c1-19(2,3)17(21)14-25-18(22)15-8-10-16(11-9-15)26(23,24)20-12-6-4-5-7-13-20/h8-11H,4-7,12-14H2,1-3H3. The molecule has 1 heterocycles. The van der Waals surface area contributed by atoms with Gasteiger partial charge in [0.05, 0.1) is 10.5 Å². The van der Waals surface area contributed by atoms with Gasteiger partial charge in [-0.1, -0.05) is 33.6 Å². The zero-order valence-corrected chi connectivity index (χ0v) is 16.5. The van der Waals surface area contributed by atoms with Crippen molar-refractivity contribution in [3.05, 3.63) is 29.8 Å². The van der Waals surface area contributed by atoms with Crippen molar-refractivity contribution in [3.63, 3.8) is 0 Å². The fourth-order valence-corrected chi connectivity index (χ4v) is 4.14. The van der Waals surface area contributed by atoms with Crippen LogP contribution in [0.2, 0.25) is 0 Å². The molecule has 144 valence electrons. The molecule has 26 heavy (non-hydrogen) atoms. The Hall–Kier alpha value is -1.73. The number of nitrogens with zero attached hydrogens (tertiary/aromatic N) is 1. The Morgan fingerprint density at radius 1 is 1.00 bits per heavy atom. The molecule has 0 bridgehead atoms. The zero-order chi connectivity index (χ0) is 19.4. The zero-order valence-electron chi connectivity index (χ0n) is 15.7. The van der Waals surface area contributed by atoms with Crippen LogP contribution in [0.25, 0.3) is 0 Å². The molecular formula is C19H27NO5S. The molecule has 6 nitrogen and oxygen atoms in total.